The Hall–Kier alpha value is -2.49. The van der Waals surface area contributed by atoms with E-state index in [1.165, 1.54) is 12.1 Å². The van der Waals surface area contributed by atoms with E-state index < -0.39 is 5.63 Å². The Morgan fingerprint density at radius 2 is 1.78 bits per heavy atom. The molecular weight excluding hydrogens is 232 g/mol. The van der Waals surface area contributed by atoms with Gasteiger partial charge in [-0.25, -0.2) is 4.79 Å². The van der Waals surface area contributed by atoms with Crippen LogP contribution in [0.1, 0.15) is 5.56 Å². The van der Waals surface area contributed by atoms with Crippen LogP contribution in [0.4, 0.5) is 0 Å². The summed E-state index contributed by atoms with van der Waals surface area (Å²) >= 11 is 0. The number of phenols is 2. The zero-order valence-corrected chi connectivity index (χ0v) is 9.60. The summed E-state index contributed by atoms with van der Waals surface area (Å²) in [5, 5.41) is 20.8. The van der Waals surface area contributed by atoms with E-state index in [0.717, 1.165) is 0 Å². The first-order chi connectivity index (χ1) is 8.56. The first-order valence-electron chi connectivity index (χ1n) is 5.45. The summed E-state index contributed by atoms with van der Waals surface area (Å²) in [6.45, 7) is 1.72. The Balaban J connectivity index is 2.61. The zero-order chi connectivity index (χ0) is 12.9. The molecule has 0 aliphatic carbocycles. The highest BCUT2D eigenvalue weighted by Gasteiger charge is 2.10. The quantitative estimate of drug-likeness (QED) is 0.469. The smallest absolute Gasteiger partial charge is 0.344 e. The maximum absolute atomic E-state index is 11.8. The van der Waals surface area contributed by atoms with Gasteiger partial charge in [0.15, 0.2) is 0 Å². The zero-order valence-electron chi connectivity index (χ0n) is 9.60. The second-order valence-corrected chi connectivity index (χ2v) is 4.25. The molecule has 3 rings (SSSR count). The predicted octanol–water partition coefficient (Wildman–Crippen LogP) is 2.67. The summed E-state index contributed by atoms with van der Waals surface area (Å²) in [5.74, 6) is 0.156. The molecule has 3 aromatic rings. The monoisotopic (exact) mass is 242 g/mol. The van der Waals surface area contributed by atoms with Crippen molar-refractivity contribution in [1.82, 2.24) is 0 Å². The van der Waals surface area contributed by atoms with E-state index in [4.69, 9.17) is 4.42 Å². The van der Waals surface area contributed by atoms with Crippen molar-refractivity contribution < 1.29 is 14.6 Å². The van der Waals surface area contributed by atoms with Gasteiger partial charge in [0, 0.05) is 16.8 Å². The van der Waals surface area contributed by atoms with Crippen molar-refractivity contribution in [3.63, 3.8) is 0 Å². The standard InChI is InChI=1S/C14H10O4/c1-7-4-11-10(6-12(7)16)9-3-2-8(15)5-13(9)18-14(11)17/h2-6,15-16H,1H3. The topological polar surface area (TPSA) is 70.7 Å². The molecule has 18 heavy (non-hydrogen) atoms. The molecule has 1 aromatic heterocycles. The fourth-order valence-electron chi connectivity index (χ4n) is 2.06. The van der Waals surface area contributed by atoms with E-state index in [1.54, 1.807) is 25.1 Å². The lowest BCUT2D eigenvalue weighted by molar-refractivity contribution is 0.472. The first-order valence-corrected chi connectivity index (χ1v) is 5.45. The second-order valence-electron chi connectivity index (χ2n) is 4.25. The normalized spacial score (nSPS) is 11.2. The van der Waals surface area contributed by atoms with E-state index >= 15 is 0 Å². The summed E-state index contributed by atoms with van der Waals surface area (Å²) in [6, 6.07) is 7.69. The summed E-state index contributed by atoms with van der Waals surface area (Å²) in [5.41, 5.74) is 0.440. The number of aryl methyl sites for hydroxylation is 1. The third-order valence-electron chi connectivity index (χ3n) is 3.01. The van der Waals surface area contributed by atoms with Crippen molar-refractivity contribution in [2.45, 2.75) is 6.92 Å². The summed E-state index contributed by atoms with van der Waals surface area (Å²) in [4.78, 5) is 11.8. The van der Waals surface area contributed by atoms with Gasteiger partial charge in [0.2, 0.25) is 0 Å². The lowest BCUT2D eigenvalue weighted by Gasteiger charge is -2.05. The number of hydrogen-bond acceptors (Lipinski definition) is 4. The highest BCUT2D eigenvalue weighted by Crippen LogP contribution is 2.29. The van der Waals surface area contributed by atoms with Gasteiger partial charge in [-0.15, -0.1) is 0 Å². The van der Waals surface area contributed by atoms with E-state index in [9.17, 15) is 15.0 Å². The fraction of sp³-hybridized carbons (Fsp3) is 0.0714. The van der Waals surface area contributed by atoms with Crippen molar-refractivity contribution in [3.05, 3.63) is 46.3 Å². The first kappa shape index (κ1) is 10.7. The molecule has 0 saturated carbocycles. The van der Waals surface area contributed by atoms with E-state index in [0.29, 0.717) is 27.3 Å². The number of benzene rings is 2. The minimum atomic E-state index is -0.480. The van der Waals surface area contributed by atoms with Gasteiger partial charge in [0.25, 0.3) is 0 Å². The van der Waals surface area contributed by atoms with Crippen molar-refractivity contribution in [2.75, 3.05) is 0 Å². The average molecular weight is 242 g/mol. The second kappa shape index (κ2) is 3.50. The molecule has 0 saturated heterocycles. The molecule has 0 aliphatic rings. The maximum Gasteiger partial charge on any atom is 0.344 e. The van der Waals surface area contributed by atoms with E-state index in [-0.39, 0.29) is 11.5 Å². The number of hydrogen-bond donors (Lipinski definition) is 2. The molecule has 0 aliphatic heterocycles. The third-order valence-corrected chi connectivity index (χ3v) is 3.01. The molecule has 0 spiro atoms. The maximum atomic E-state index is 11.8. The molecule has 0 radical (unpaired) electrons. The molecule has 90 valence electrons. The Morgan fingerprint density at radius 3 is 2.56 bits per heavy atom. The van der Waals surface area contributed by atoms with Gasteiger partial charge in [0.05, 0.1) is 5.39 Å². The molecule has 0 atom stereocenters. The SMILES string of the molecule is Cc1cc2c(=O)oc3cc(O)ccc3c2cc1O. The van der Waals surface area contributed by atoms with Gasteiger partial charge in [-0.3, -0.25) is 0 Å². The summed E-state index contributed by atoms with van der Waals surface area (Å²) in [7, 11) is 0. The molecule has 4 nitrogen and oxygen atoms in total. The highest BCUT2D eigenvalue weighted by atomic mass is 16.4. The largest absolute Gasteiger partial charge is 0.508 e. The van der Waals surface area contributed by atoms with Crippen LogP contribution in [-0.4, -0.2) is 10.2 Å². The third kappa shape index (κ3) is 1.43. The molecule has 1 heterocycles. The molecule has 4 heteroatoms. The van der Waals surface area contributed by atoms with Gasteiger partial charge in [0.1, 0.15) is 17.1 Å². The van der Waals surface area contributed by atoms with Crippen LogP contribution in [0.15, 0.2) is 39.5 Å². The number of fused-ring (bicyclic) bond motifs is 3. The molecule has 2 N–H and O–H groups in total. The Labute approximate surface area is 102 Å². The average Bonchev–Trinajstić information content (AvgIpc) is 2.31. The molecule has 0 fully saturated rings. The minimum Gasteiger partial charge on any atom is -0.508 e. The molecule has 0 amide bonds. The van der Waals surface area contributed by atoms with Gasteiger partial charge in [-0.05, 0) is 36.8 Å². The highest BCUT2D eigenvalue weighted by molar-refractivity contribution is 6.05. The Bertz CT molecular complexity index is 830. The summed E-state index contributed by atoms with van der Waals surface area (Å²) in [6.07, 6.45) is 0. The predicted molar refractivity (Wildman–Crippen MR) is 68.1 cm³/mol. The number of aromatic hydroxyl groups is 2. The number of rotatable bonds is 0. The van der Waals surface area contributed by atoms with Crippen molar-refractivity contribution in [3.8, 4) is 11.5 Å². The van der Waals surface area contributed by atoms with Crippen LogP contribution in [0.2, 0.25) is 0 Å². The fourth-order valence-corrected chi connectivity index (χ4v) is 2.06. The van der Waals surface area contributed by atoms with Crippen molar-refractivity contribution in [2.24, 2.45) is 0 Å². The molecule has 2 aromatic carbocycles. The van der Waals surface area contributed by atoms with Crippen LogP contribution in [-0.2, 0) is 0 Å². The van der Waals surface area contributed by atoms with Gasteiger partial charge in [-0.1, -0.05) is 0 Å². The van der Waals surface area contributed by atoms with Crippen LogP contribution in [0.25, 0.3) is 21.7 Å². The Morgan fingerprint density at radius 1 is 1.00 bits per heavy atom. The van der Waals surface area contributed by atoms with Crippen molar-refractivity contribution in [1.29, 1.82) is 0 Å². The van der Waals surface area contributed by atoms with Crippen LogP contribution >= 0.6 is 0 Å². The van der Waals surface area contributed by atoms with E-state index in [2.05, 4.69) is 0 Å². The minimum absolute atomic E-state index is 0.0290. The lowest BCUT2D eigenvalue weighted by Crippen LogP contribution is -2.00. The van der Waals surface area contributed by atoms with Crippen LogP contribution in [0.5, 0.6) is 11.5 Å². The van der Waals surface area contributed by atoms with Crippen LogP contribution in [0.3, 0.4) is 0 Å². The number of phenolic OH excluding ortho intramolecular Hbond substituents is 2. The van der Waals surface area contributed by atoms with Crippen LogP contribution < -0.4 is 5.63 Å². The summed E-state index contributed by atoms with van der Waals surface area (Å²) < 4.78 is 5.15. The van der Waals surface area contributed by atoms with Crippen molar-refractivity contribution >= 4 is 21.7 Å². The molecule has 0 bridgehead atoms. The Kier molecular flexibility index (Phi) is 2.07. The lowest BCUT2D eigenvalue weighted by atomic mass is 10.0. The van der Waals surface area contributed by atoms with Gasteiger partial charge >= 0.3 is 5.63 Å². The van der Waals surface area contributed by atoms with Gasteiger partial charge in [-0.2, -0.15) is 0 Å². The molecule has 0 unspecified atom stereocenters. The van der Waals surface area contributed by atoms with E-state index in [1.807, 2.05) is 0 Å². The molecular formula is C14H10O4. The van der Waals surface area contributed by atoms with Crippen LogP contribution in [0, 0.1) is 6.92 Å². The van der Waals surface area contributed by atoms with Gasteiger partial charge < -0.3 is 14.6 Å².